The van der Waals surface area contributed by atoms with Gasteiger partial charge in [-0.1, -0.05) is 18.0 Å². The van der Waals surface area contributed by atoms with Crippen LogP contribution in [0.4, 0.5) is 0 Å². The molecule has 0 aromatic rings. The molecule has 10 heavy (non-hydrogen) atoms. The summed E-state index contributed by atoms with van der Waals surface area (Å²) in [4.78, 5) is 0. The third-order valence-electron chi connectivity index (χ3n) is 1.94. The van der Waals surface area contributed by atoms with Crippen molar-refractivity contribution >= 4 is 23.5 Å². The Labute approximate surface area is 66.1 Å². The van der Waals surface area contributed by atoms with Crippen molar-refractivity contribution in [2.24, 2.45) is 0 Å². The first kappa shape index (κ1) is 8.25. The van der Waals surface area contributed by atoms with E-state index in [4.69, 9.17) is 28.3 Å². The monoisotopic (exact) mass is 130 g/mol. The van der Waals surface area contributed by atoms with Crippen LogP contribution in [0.5, 0.6) is 0 Å². The molecule has 1 rings (SSSR count). The van der Waals surface area contributed by atoms with E-state index >= 15 is 0 Å². The molecular formula is C6H9B3O. The molecule has 4 heteroatoms. The number of ether oxygens (including phenoxy) is 1. The van der Waals surface area contributed by atoms with E-state index in [-0.39, 0.29) is 17.7 Å². The SMILES string of the molecule is [B]CC1OCCC([B])[C@@H]1[B]. The second-order valence-corrected chi connectivity index (χ2v) is 2.67. The zero-order valence-corrected chi connectivity index (χ0v) is 5.99. The molecule has 6 radical (unpaired) electrons. The van der Waals surface area contributed by atoms with E-state index in [1.165, 1.54) is 0 Å². The molecule has 48 valence electrons. The zero-order chi connectivity index (χ0) is 7.56. The summed E-state index contributed by atoms with van der Waals surface area (Å²) in [5.74, 6) is -0.0268. The number of hydrogen-bond donors (Lipinski definition) is 0. The van der Waals surface area contributed by atoms with Crippen molar-refractivity contribution in [1.29, 1.82) is 0 Å². The number of rotatable bonds is 1. The molecule has 3 atom stereocenters. The molecule has 2 unspecified atom stereocenters. The van der Waals surface area contributed by atoms with Crippen LogP contribution < -0.4 is 0 Å². The summed E-state index contributed by atoms with van der Waals surface area (Å²) in [6.45, 7) is 0.691. The molecule has 0 spiro atoms. The Kier molecular flexibility index (Phi) is 2.90. The topological polar surface area (TPSA) is 9.23 Å². The summed E-state index contributed by atoms with van der Waals surface area (Å²) in [5.41, 5.74) is 0. The Hall–Kier alpha value is 0.155. The molecule has 1 fully saturated rings. The van der Waals surface area contributed by atoms with E-state index in [0.29, 0.717) is 12.9 Å². The minimum atomic E-state index is -0.0845. The Balaban J connectivity index is 2.42. The normalized spacial score (nSPS) is 41.4. The summed E-state index contributed by atoms with van der Waals surface area (Å²) in [6, 6.07) is 0. The maximum absolute atomic E-state index is 5.70. The van der Waals surface area contributed by atoms with Crippen LogP contribution in [0.25, 0.3) is 0 Å². The highest BCUT2D eigenvalue weighted by molar-refractivity contribution is 6.22. The molecule has 1 aliphatic rings. The van der Waals surface area contributed by atoms with Gasteiger partial charge in [0.15, 0.2) is 0 Å². The Morgan fingerprint density at radius 2 is 2.10 bits per heavy atom. The smallest absolute Gasteiger partial charge is 0.0728 e. The zero-order valence-electron chi connectivity index (χ0n) is 5.99. The van der Waals surface area contributed by atoms with Crippen LogP contribution in [0.3, 0.4) is 0 Å². The third kappa shape index (κ3) is 1.60. The standard InChI is InChI=1S/C6H9B3O/c7-3-5-6(9)4(8)1-2-10-5/h4-6H,1-3H2/t4?,5?,6-/m0/s1. The van der Waals surface area contributed by atoms with E-state index < -0.39 is 0 Å². The van der Waals surface area contributed by atoms with Crippen LogP contribution in [0.2, 0.25) is 18.0 Å². The first-order valence-corrected chi connectivity index (χ1v) is 3.58. The van der Waals surface area contributed by atoms with Gasteiger partial charge in [0.05, 0.1) is 23.5 Å². The molecule has 1 saturated heterocycles. The minimum absolute atomic E-state index is 0.0382. The van der Waals surface area contributed by atoms with Gasteiger partial charge in [-0.3, -0.25) is 0 Å². The van der Waals surface area contributed by atoms with Crippen molar-refractivity contribution < 1.29 is 4.74 Å². The molecule has 0 bridgehead atoms. The van der Waals surface area contributed by atoms with Crippen LogP contribution in [-0.2, 0) is 4.74 Å². The van der Waals surface area contributed by atoms with Crippen LogP contribution in [0.1, 0.15) is 6.42 Å². The molecule has 0 saturated carbocycles. The fourth-order valence-corrected chi connectivity index (χ4v) is 1.16. The van der Waals surface area contributed by atoms with Crippen LogP contribution in [0, 0.1) is 0 Å². The van der Waals surface area contributed by atoms with Crippen LogP contribution in [0.15, 0.2) is 0 Å². The second kappa shape index (κ2) is 3.52. The predicted molar refractivity (Wildman–Crippen MR) is 43.9 cm³/mol. The van der Waals surface area contributed by atoms with Crippen LogP contribution >= 0.6 is 0 Å². The fraction of sp³-hybridized carbons (Fsp3) is 1.00. The van der Waals surface area contributed by atoms with Gasteiger partial charge in [-0.05, 0) is 6.42 Å². The molecule has 0 aliphatic carbocycles. The van der Waals surface area contributed by atoms with E-state index in [0.717, 1.165) is 6.42 Å². The lowest BCUT2D eigenvalue weighted by Gasteiger charge is -2.34. The summed E-state index contributed by atoms with van der Waals surface area (Å²) < 4.78 is 5.28. The quantitative estimate of drug-likeness (QED) is 0.462. The van der Waals surface area contributed by atoms with Gasteiger partial charge >= 0.3 is 0 Å². The molecule has 0 N–H and O–H groups in total. The summed E-state index contributed by atoms with van der Waals surface area (Å²) in [6.07, 6.45) is 1.27. The van der Waals surface area contributed by atoms with Gasteiger partial charge in [0.2, 0.25) is 0 Å². The van der Waals surface area contributed by atoms with Gasteiger partial charge in [0, 0.05) is 12.7 Å². The first-order chi connectivity index (χ1) is 4.75. The lowest BCUT2D eigenvalue weighted by atomic mass is 9.60. The van der Waals surface area contributed by atoms with E-state index in [1.54, 1.807) is 0 Å². The van der Waals surface area contributed by atoms with Gasteiger partial charge in [-0.25, -0.2) is 0 Å². The minimum Gasteiger partial charge on any atom is -0.380 e. The van der Waals surface area contributed by atoms with Crippen molar-refractivity contribution in [2.45, 2.75) is 30.5 Å². The fourth-order valence-electron chi connectivity index (χ4n) is 1.16. The van der Waals surface area contributed by atoms with E-state index in [9.17, 15) is 0 Å². The van der Waals surface area contributed by atoms with Gasteiger partial charge in [0.25, 0.3) is 0 Å². The highest BCUT2D eigenvalue weighted by Gasteiger charge is 2.24. The molecular weight excluding hydrogens is 121 g/mol. The van der Waals surface area contributed by atoms with Gasteiger partial charge < -0.3 is 4.74 Å². The van der Waals surface area contributed by atoms with Crippen molar-refractivity contribution in [3.05, 3.63) is 0 Å². The number of hydrogen-bond acceptors (Lipinski definition) is 1. The van der Waals surface area contributed by atoms with Crippen molar-refractivity contribution in [1.82, 2.24) is 0 Å². The lowest BCUT2D eigenvalue weighted by Crippen LogP contribution is -2.29. The molecule has 1 aliphatic heterocycles. The molecule has 1 nitrogen and oxygen atoms in total. The first-order valence-electron chi connectivity index (χ1n) is 3.58. The summed E-state index contributed by atoms with van der Waals surface area (Å²) in [7, 11) is 16.8. The largest absolute Gasteiger partial charge is 0.380 e. The maximum Gasteiger partial charge on any atom is 0.0728 e. The average Bonchev–Trinajstić information content (AvgIpc) is 1.95. The lowest BCUT2D eigenvalue weighted by molar-refractivity contribution is 0.0304. The van der Waals surface area contributed by atoms with E-state index in [2.05, 4.69) is 0 Å². The third-order valence-corrected chi connectivity index (χ3v) is 1.94. The Morgan fingerprint density at radius 1 is 1.40 bits per heavy atom. The van der Waals surface area contributed by atoms with Gasteiger partial charge in [-0.15, -0.1) is 0 Å². The van der Waals surface area contributed by atoms with Gasteiger partial charge in [-0.2, -0.15) is 0 Å². The molecule has 0 aromatic carbocycles. The highest BCUT2D eigenvalue weighted by Crippen LogP contribution is 2.32. The molecule has 0 aromatic heterocycles. The second-order valence-electron chi connectivity index (χ2n) is 2.67. The molecule has 1 heterocycles. The van der Waals surface area contributed by atoms with Crippen molar-refractivity contribution in [2.75, 3.05) is 6.61 Å². The summed E-state index contributed by atoms with van der Waals surface area (Å²) >= 11 is 0. The van der Waals surface area contributed by atoms with Crippen molar-refractivity contribution in [3.8, 4) is 0 Å². The van der Waals surface area contributed by atoms with E-state index in [1.807, 2.05) is 0 Å². The summed E-state index contributed by atoms with van der Waals surface area (Å²) in [5, 5.41) is 0. The average molecular weight is 130 g/mol. The van der Waals surface area contributed by atoms with Crippen molar-refractivity contribution in [3.63, 3.8) is 0 Å². The highest BCUT2D eigenvalue weighted by atomic mass is 16.5. The Bertz CT molecular complexity index is 109. The molecule has 0 amide bonds. The predicted octanol–water partition coefficient (Wildman–Crippen LogP) is 0.276. The maximum atomic E-state index is 5.70. The van der Waals surface area contributed by atoms with Crippen LogP contribution in [-0.4, -0.2) is 36.2 Å². The Morgan fingerprint density at radius 3 is 2.60 bits per heavy atom. The van der Waals surface area contributed by atoms with Gasteiger partial charge in [0.1, 0.15) is 0 Å².